The van der Waals surface area contributed by atoms with Gasteiger partial charge < -0.3 is 14.0 Å². The van der Waals surface area contributed by atoms with E-state index in [4.69, 9.17) is 4.42 Å². The highest BCUT2D eigenvalue weighted by molar-refractivity contribution is 5.82. The lowest BCUT2D eigenvalue weighted by atomic mass is 10.3. The Labute approximate surface area is 145 Å². The Morgan fingerprint density at radius 1 is 1.24 bits per heavy atom. The molecule has 0 fully saturated rings. The van der Waals surface area contributed by atoms with Gasteiger partial charge in [0.2, 0.25) is 5.95 Å². The summed E-state index contributed by atoms with van der Waals surface area (Å²) in [5, 5.41) is 4.31. The van der Waals surface area contributed by atoms with Crippen molar-refractivity contribution in [3.8, 4) is 0 Å². The summed E-state index contributed by atoms with van der Waals surface area (Å²) in [6.45, 7) is 4.88. The van der Waals surface area contributed by atoms with Crippen LogP contribution in [0.1, 0.15) is 22.7 Å². The molecule has 0 aliphatic heterocycles. The molecule has 0 aliphatic rings. The number of nitrogens with one attached hydrogen (secondary N) is 2. The minimum atomic E-state index is 0.627. The van der Waals surface area contributed by atoms with Crippen molar-refractivity contribution in [1.29, 1.82) is 0 Å². The minimum Gasteiger partial charge on any atom is -0.467 e. The molecule has 0 saturated carbocycles. The predicted octanol–water partition coefficient (Wildman–Crippen LogP) is 4.07. The van der Waals surface area contributed by atoms with Gasteiger partial charge in [-0.2, -0.15) is 5.10 Å². The zero-order valence-electron chi connectivity index (χ0n) is 14.2. The number of aromatic amines is 1. The summed E-state index contributed by atoms with van der Waals surface area (Å²) in [5.74, 6) is 1.56. The molecule has 0 amide bonds. The molecular weight excluding hydrogens is 314 g/mol. The number of benzene rings is 1. The second kappa shape index (κ2) is 6.32. The van der Waals surface area contributed by atoms with Gasteiger partial charge in [-0.15, -0.1) is 0 Å². The number of para-hydroxylation sites is 2. The zero-order chi connectivity index (χ0) is 17.2. The number of aromatic nitrogens is 3. The first-order valence-corrected chi connectivity index (χ1v) is 8.13. The van der Waals surface area contributed by atoms with Crippen LogP contribution in [-0.2, 0) is 6.54 Å². The molecule has 6 heteroatoms. The van der Waals surface area contributed by atoms with E-state index in [1.807, 2.05) is 42.6 Å². The van der Waals surface area contributed by atoms with Crippen LogP contribution in [0.4, 0.5) is 5.95 Å². The third-order valence-corrected chi connectivity index (χ3v) is 4.27. The third kappa shape index (κ3) is 3.06. The van der Waals surface area contributed by atoms with E-state index in [0.29, 0.717) is 5.95 Å². The quantitative estimate of drug-likeness (QED) is 0.427. The van der Waals surface area contributed by atoms with Crippen LogP contribution in [-0.4, -0.2) is 20.7 Å². The van der Waals surface area contributed by atoms with Crippen LogP contribution in [0.3, 0.4) is 0 Å². The van der Waals surface area contributed by atoms with E-state index in [9.17, 15) is 0 Å². The van der Waals surface area contributed by atoms with Crippen LogP contribution in [0.15, 0.2) is 58.2 Å². The molecule has 2 N–H and O–H groups in total. The van der Waals surface area contributed by atoms with Crippen molar-refractivity contribution in [1.82, 2.24) is 14.5 Å². The number of anilines is 1. The van der Waals surface area contributed by atoms with Gasteiger partial charge in [0.05, 0.1) is 30.1 Å². The molecule has 0 saturated heterocycles. The third-order valence-electron chi connectivity index (χ3n) is 4.27. The summed E-state index contributed by atoms with van der Waals surface area (Å²) >= 11 is 0. The molecule has 0 radical (unpaired) electrons. The lowest BCUT2D eigenvalue weighted by Gasteiger charge is -2.07. The number of hydrazone groups is 1. The fourth-order valence-electron chi connectivity index (χ4n) is 2.93. The number of furan rings is 1. The molecule has 6 nitrogen and oxygen atoms in total. The largest absolute Gasteiger partial charge is 0.467 e. The van der Waals surface area contributed by atoms with Crippen LogP contribution >= 0.6 is 0 Å². The number of rotatable bonds is 5. The lowest BCUT2D eigenvalue weighted by molar-refractivity contribution is 0.489. The Balaban J connectivity index is 1.51. The normalized spacial score (nSPS) is 11.6. The topological polar surface area (TPSA) is 71.1 Å². The Morgan fingerprint density at radius 3 is 2.92 bits per heavy atom. The van der Waals surface area contributed by atoms with E-state index < -0.39 is 0 Å². The SMILES string of the molecule is Cc1cc(C=NNc2nc3ccccc3[nH]2)c(C)n1Cc1ccco1. The van der Waals surface area contributed by atoms with Gasteiger partial charge in [0, 0.05) is 17.0 Å². The number of nitrogens with zero attached hydrogens (tertiary/aromatic N) is 3. The number of imidazole rings is 1. The molecule has 3 heterocycles. The maximum Gasteiger partial charge on any atom is 0.222 e. The Kier molecular flexibility index (Phi) is 3.85. The van der Waals surface area contributed by atoms with Crippen molar-refractivity contribution in [2.24, 2.45) is 5.10 Å². The molecular formula is C19H19N5O. The molecule has 3 aromatic heterocycles. The molecule has 4 rings (SSSR count). The van der Waals surface area contributed by atoms with Crippen LogP contribution in [0.2, 0.25) is 0 Å². The van der Waals surface area contributed by atoms with Gasteiger partial charge in [0.25, 0.3) is 0 Å². The number of aryl methyl sites for hydroxylation is 1. The first kappa shape index (κ1) is 15.3. The number of hydrogen-bond acceptors (Lipinski definition) is 4. The highest BCUT2D eigenvalue weighted by Crippen LogP contribution is 2.17. The van der Waals surface area contributed by atoms with Gasteiger partial charge in [-0.05, 0) is 44.2 Å². The molecule has 25 heavy (non-hydrogen) atoms. The molecule has 0 unspecified atom stereocenters. The maximum absolute atomic E-state index is 5.45. The Morgan fingerprint density at radius 2 is 2.12 bits per heavy atom. The van der Waals surface area contributed by atoms with Gasteiger partial charge in [-0.25, -0.2) is 10.4 Å². The van der Waals surface area contributed by atoms with Crippen LogP contribution in [0, 0.1) is 13.8 Å². The first-order valence-electron chi connectivity index (χ1n) is 8.13. The molecule has 0 bridgehead atoms. The fraction of sp³-hybridized carbons (Fsp3) is 0.158. The summed E-state index contributed by atoms with van der Waals surface area (Å²) in [7, 11) is 0. The summed E-state index contributed by atoms with van der Waals surface area (Å²) < 4.78 is 7.65. The van der Waals surface area contributed by atoms with E-state index in [1.165, 1.54) is 5.69 Å². The standard InChI is InChI=1S/C19H19N5O/c1-13-10-15(14(2)24(13)12-16-6-5-9-25-16)11-20-23-19-21-17-7-3-4-8-18(17)22-19/h3-11H,12H2,1-2H3,(H2,21,22,23). The predicted molar refractivity (Wildman–Crippen MR) is 99.0 cm³/mol. The van der Waals surface area contributed by atoms with Crippen molar-refractivity contribution in [3.63, 3.8) is 0 Å². The number of H-pyrrole nitrogens is 1. The summed E-state index contributed by atoms with van der Waals surface area (Å²) in [4.78, 5) is 7.63. The summed E-state index contributed by atoms with van der Waals surface area (Å²) in [6.07, 6.45) is 3.51. The van der Waals surface area contributed by atoms with Crippen molar-refractivity contribution in [2.75, 3.05) is 5.43 Å². The van der Waals surface area contributed by atoms with Crippen molar-refractivity contribution >= 4 is 23.2 Å². The molecule has 126 valence electrons. The van der Waals surface area contributed by atoms with Crippen molar-refractivity contribution in [2.45, 2.75) is 20.4 Å². The fourth-order valence-corrected chi connectivity index (χ4v) is 2.93. The zero-order valence-corrected chi connectivity index (χ0v) is 14.2. The van der Waals surface area contributed by atoms with E-state index in [0.717, 1.165) is 34.6 Å². The minimum absolute atomic E-state index is 0.627. The Bertz CT molecular complexity index is 991. The molecule has 1 aromatic carbocycles. The van der Waals surface area contributed by atoms with Crippen LogP contribution in [0.5, 0.6) is 0 Å². The summed E-state index contributed by atoms with van der Waals surface area (Å²) in [6, 6.07) is 13.9. The Hall–Kier alpha value is -3.28. The van der Waals surface area contributed by atoms with Gasteiger partial charge in [0.1, 0.15) is 5.76 Å². The van der Waals surface area contributed by atoms with E-state index in [1.54, 1.807) is 6.26 Å². The van der Waals surface area contributed by atoms with Gasteiger partial charge in [-0.3, -0.25) is 0 Å². The summed E-state index contributed by atoms with van der Waals surface area (Å²) in [5.41, 5.74) is 8.23. The average molecular weight is 333 g/mol. The highest BCUT2D eigenvalue weighted by atomic mass is 16.3. The van der Waals surface area contributed by atoms with Crippen LogP contribution < -0.4 is 5.43 Å². The van der Waals surface area contributed by atoms with E-state index >= 15 is 0 Å². The van der Waals surface area contributed by atoms with E-state index in [-0.39, 0.29) is 0 Å². The van der Waals surface area contributed by atoms with E-state index in [2.05, 4.69) is 45.0 Å². The molecule has 0 spiro atoms. The van der Waals surface area contributed by atoms with Crippen molar-refractivity contribution < 1.29 is 4.42 Å². The molecule has 0 aliphatic carbocycles. The van der Waals surface area contributed by atoms with Gasteiger partial charge in [0.15, 0.2) is 0 Å². The maximum atomic E-state index is 5.45. The molecule has 0 atom stereocenters. The molecule has 4 aromatic rings. The second-order valence-corrected chi connectivity index (χ2v) is 5.96. The van der Waals surface area contributed by atoms with Crippen molar-refractivity contribution in [3.05, 3.63) is 71.4 Å². The first-order chi connectivity index (χ1) is 12.2. The van der Waals surface area contributed by atoms with Crippen LogP contribution in [0.25, 0.3) is 11.0 Å². The van der Waals surface area contributed by atoms with Gasteiger partial charge in [-0.1, -0.05) is 12.1 Å². The smallest absolute Gasteiger partial charge is 0.222 e. The van der Waals surface area contributed by atoms with Gasteiger partial charge >= 0.3 is 0 Å². The lowest BCUT2D eigenvalue weighted by Crippen LogP contribution is -2.03. The second-order valence-electron chi connectivity index (χ2n) is 5.96. The number of hydrogen-bond donors (Lipinski definition) is 2. The highest BCUT2D eigenvalue weighted by Gasteiger charge is 2.09. The average Bonchev–Trinajstić information content (AvgIpc) is 3.31. The number of fused-ring (bicyclic) bond motifs is 1. The monoisotopic (exact) mass is 333 g/mol.